The van der Waals surface area contributed by atoms with Crippen LogP contribution in [0, 0.1) is 11.3 Å². The smallest absolute Gasteiger partial charge is 0.146 e. The Labute approximate surface area is 78.9 Å². The number of rotatable bonds is 0. The van der Waals surface area contributed by atoms with Crippen LogP contribution in [0.2, 0.25) is 0 Å². The van der Waals surface area contributed by atoms with E-state index >= 15 is 0 Å². The molecule has 91 valence electrons. The molecular formula is C9H17LrN2O2-. The summed E-state index contributed by atoms with van der Waals surface area (Å²) < 4.78 is 10.7. The largest absolute Gasteiger partial charge is 0.355 e. The third-order valence-corrected chi connectivity index (χ3v) is 2.67. The summed E-state index contributed by atoms with van der Waals surface area (Å²) in [5, 5.41) is 1.86. The van der Waals surface area contributed by atoms with Crippen molar-refractivity contribution in [2.45, 2.75) is 13.3 Å². The monoisotopic (exact) mass is 447 g/mol. The summed E-state index contributed by atoms with van der Waals surface area (Å²) in [5.41, 5.74) is 0.120. The number of nitrogens with zero attached hydrogens (tertiary/aromatic N) is 1. The molecule has 2 aliphatic heterocycles. The normalized spacial score (nSPS) is 28.7. The second-order valence-corrected chi connectivity index (χ2v) is 4.35. The first-order valence-electron chi connectivity index (χ1n) is 4.67. The van der Waals surface area contributed by atoms with Crippen molar-refractivity contribution in [3.63, 3.8) is 0 Å². The summed E-state index contributed by atoms with van der Waals surface area (Å²) in [7, 11) is 0. The van der Waals surface area contributed by atoms with Gasteiger partial charge in [-0.1, -0.05) is 0 Å². The molecule has 2 heterocycles. The van der Waals surface area contributed by atoms with E-state index in [2.05, 4.69) is 6.92 Å². The second kappa shape index (κ2) is 3.92. The minimum Gasteiger partial charge on any atom is -0.355 e. The van der Waals surface area contributed by atoms with Crippen LogP contribution in [-0.2, 0) is 9.47 Å². The Balaban J connectivity index is 0.000000980. The van der Waals surface area contributed by atoms with Gasteiger partial charge in [-0.15, -0.1) is 6.54 Å². The first-order valence-corrected chi connectivity index (χ1v) is 4.67. The van der Waals surface area contributed by atoms with Gasteiger partial charge in [-0.2, -0.15) is 13.3 Å². The van der Waals surface area contributed by atoms with Gasteiger partial charge in [-0.25, -0.2) is 0 Å². The average Bonchev–Trinajstić information content (AvgIpc) is 2.02. The molecule has 0 atom stereocenters. The molecule has 2 rings (SSSR count). The van der Waals surface area contributed by atoms with Crippen molar-refractivity contribution in [1.82, 2.24) is 5.01 Å². The summed E-state index contributed by atoms with van der Waals surface area (Å²) in [6.07, 6.45) is 1.08. The number of piperidine rings is 1. The number of ether oxygens (including phenoxy) is 2. The molecule has 0 aromatic heterocycles. The molecule has 0 aromatic carbocycles. The Bertz CT molecular complexity index is 174. The van der Waals surface area contributed by atoms with Crippen LogP contribution < -0.4 is 5.84 Å². The predicted molar refractivity (Wildman–Crippen MR) is 48.5 cm³/mol. The van der Waals surface area contributed by atoms with Crippen molar-refractivity contribution in [2.24, 2.45) is 11.3 Å². The van der Waals surface area contributed by atoms with Crippen molar-refractivity contribution in [3.05, 3.63) is 5.92 Å². The first kappa shape index (κ1) is 10.9. The maximum Gasteiger partial charge on any atom is 0.146 e. The molecule has 0 bridgehead atoms. The van der Waals surface area contributed by atoms with E-state index in [0.717, 1.165) is 32.7 Å². The summed E-state index contributed by atoms with van der Waals surface area (Å²) in [6, 6.07) is 0. The summed E-state index contributed by atoms with van der Waals surface area (Å²) in [6.45, 7) is 5.92. The molecular weight excluding hydrogens is 430 g/mol. The molecule has 14 heavy (non-hydrogen) atoms. The fourth-order valence-corrected chi connectivity index (χ4v) is 2.40. The van der Waals surface area contributed by atoms with Crippen molar-refractivity contribution >= 4 is 0 Å². The third kappa shape index (κ3) is 2.01. The van der Waals surface area contributed by atoms with Gasteiger partial charge in [0.1, 0.15) is 6.79 Å². The molecule has 5 heteroatoms. The number of nitrogens with two attached hydrogens (primary N) is 1. The number of hydrogen-bond donors (Lipinski definition) is 1. The molecule has 0 unspecified atom stereocenters. The summed E-state index contributed by atoms with van der Waals surface area (Å²) in [4.78, 5) is 0. The molecule has 0 saturated carbocycles. The van der Waals surface area contributed by atoms with Gasteiger partial charge in [0.2, 0.25) is 0 Å². The van der Waals surface area contributed by atoms with E-state index in [9.17, 15) is 0 Å². The molecule has 0 amide bonds. The van der Waals surface area contributed by atoms with Crippen LogP contribution in [0.25, 0.3) is 0 Å². The quantitative estimate of drug-likeness (QED) is 0.425. The fraction of sp³-hybridized carbons (Fsp3) is 0.889. The number of hydrogen-bond acceptors (Lipinski definition) is 4. The molecule has 1 spiro atoms. The second-order valence-electron chi connectivity index (χ2n) is 4.35. The van der Waals surface area contributed by atoms with Crippen LogP contribution in [0.15, 0.2) is 0 Å². The van der Waals surface area contributed by atoms with E-state index < -0.39 is 0 Å². The van der Waals surface area contributed by atoms with E-state index in [1.165, 1.54) is 5.92 Å². The van der Waals surface area contributed by atoms with Gasteiger partial charge in [0.05, 0.1) is 13.2 Å². The Morgan fingerprint density at radius 3 is 2.57 bits per heavy atom. The zero-order valence-corrected chi connectivity index (χ0v) is 10.5. The van der Waals surface area contributed by atoms with Gasteiger partial charge in [0, 0.05) is 12.0 Å². The summed E-state index contributed by atoms with van der Waals surface area (Å²) in [5.74, 6) is 7.25. The minimum atomic E-state index is 0. The molecule has 2 N–H and O–H groups in total. The molecule has 2 saturated heterocycles. The van der Waals surface area contributed by atoms with Gasteiger partial charge in [0.15, 0.2) is 0 Å². The molecule has 0 aromatic rings. The Hall–Kier alpha value is -1.16. The Morgan fingerprint density at radius 2 is 2.00 bits per heavy atom. The fourth-order valence-electron chi connectivity index (χ4n) is 2.40. The Morgan fingerprint density at radius 1 is 1.36 bits per heavy atom. The molecule has 0 aliphatic carbocycles. The zero-order valence-electron chi connectivity index (χ0n) is 8.34. The van der Waals surface area contributed by atoms with E-state index in [0.29, 0.717) is 6.79 Å². The molecule has 2 aliphatic rings. The van der Waals surface area contributed by atoms with Crippen LogP contribution in [0.5, 0.6) is 0 Å². The standard InChI is InChI=1S/C9H17N2O2.Lr/c1-8-2-9(4-11(10)3-8)5-12-7-13-6-9;/h2-7,10H2,1H3;/q-1;. The van der Waals surface area contributed by atoms with Gasteiger partial charge in [0.25, 0.3) is 0 Å². The zero-order chi connectivity index (χ0) is 9.31. The van der Waals surface area contributed by atoms with Crippen LogP contribution in [0.4, 0.5) is 0 Å². The van der Waals surface area contributed by atoms with Crippen LogP contribution in [0.3, 0.4) is 0 Å². The Kier molecular flexibility index (Phi) is 3.06. The molecule has 2 fully saturated rings. The molecule has 1 radical (unpaired) electrons. The van der Waals surface area contributed by atoms with E-state index in [-0.39, 0.29) is 5.41 Å². The third-order valence-electron chi connectivity index (χ3n) is 2.67. The number of hydrazine groups is 1. The van der Waals surface area contributed by atoms with E-state index in [1.54, 1.807) is 0 Å². The van der Waals surface area contributed by atoms with Crippen LogP contribution in [-0.4, -0.2) is 38.1 Å². The van der Waals surface area contributed by atoms with Gasteiger partial charge >= 0.3 is 0 Å². The maximum atomic E-state index is 5.83. The van der Waals surface area contributed by atoms with Crippen molar-refractivity contribution < 1.29 is 9.47 Å². The van der Waals surface area contributed by atoms with Gasteiger partial charge in [-0.3, -0.25) is 10.9 Å². The topological polar surface area (TPSA) is 47.7 Å². The van der Waals surface area contributed by atoms with Gasteiger partial charge < -0.3 is 15.4 Å². The van der Waals surface area contributed by atoms with Crippen molar-refractivity contribution in [3.8, 4) is 0 Å². The van der Waals surface area contributed by atoms with E-state index in [4.69, 9.17) is 15.3 Å². The van der Waals surface area contributed by atoms with Crippen molar-refractivity contribution in [2.75, 3.05) is 33.1 Å². The van der Waals surface area contributed by atoms with Crippen LogP contribution >= 0.6 is 0 Å². The van der Waals surface area contributed by atoms with E-state index in [1.807, 2.05) is 5.01 Å². The van der Waals surface area contributed by atoms with Gasteiger partial charge in [-0.05, 0) is 0 Å². The molecule has 4 nitrogen and oxygen atoms in total. The van der Waals surface area contributed by atoms with Crippen LogP contribution in [0.1, 0.15) is 13.3 Å². The summed E-state index contributed by atoms with van der Waals surface area (Å²) >= 11 is 0. The SMILES string of the molecule is C[C-]1CN(N)CC2(COCOC2)C1.[Lr]. The first-order chi connectivity index (χ1) is 6.20. The minimum absolute atomic E-state index is 0. The average molecular weight is 447 g/mol. The predicted octanol–water partition coefficient (Wildman–Crippen LogP) is 0.151. The maximum absolute atomic E-state index is 5.83. The van der Waals surface area contributed by atoms with Crippen molar-refractivity contribution in [1.29, 1.82) is 0 Å².